The molecule has 0 bridgehead atoms. The molecule has 0 aromatic heterocycles. The van der Waals surface area contributed by atoms with Gasteiger partial charge in [0.15, 0.2) is 0 Å². The number of carbonyl (C=O) groups excluding carboxylic acids is 1. The summed E-state index contributed by atoms with van der Waals surface area (Å²) in [6.07, 6.45) is 2.24. The third-order valence-electron chi connectivity index (χ3n) is 2.81. The van der Waals surface area contributed by atoms with Crippen LogP contribution >= 0.6 is 11.6 Å². The summed E-state index contributed by atoms with van der Waals surface area (Å²) in [7, 11) is 0. The molecule has 0 aliphatic heterocycles. The summed E-state index contributed by atoms with van der Waals surface area (Å²) < 4.78 is 4.88. The van der Waals surface area contributed by atoms with E-state index in [9.17, 15) is 4.79 Å². The Balaban J connectivity index is 2.16. The Morgan fingerprint density at radius 3 is 2.68 bits per heavy atom. The lowest BCUT2D eigenvalue weighted by atomic mass is 10.1. The van der Waals surface area contributed by atoms with Crippen molar-refractivity contribution in [2.24, 2.45) is 0 Å². The van der Waals surface area contributed by atoms with E-state index >= 15 is 0 Å². The summed E-state index contributed by atoms with van der Waals surface area (Å²) in [5.41, 5.74) is 1.26. The highest BCUT2D eigenvalue weighted by Gasteiger charge is 2.04. The lowest BCUT2D eigenvalue weighted by molar-refractivity contribution is -0.143. The molecular weight excluding hydrogens is 262 g/mol. The number of rotatable bonds is 8. The zero-order valence-corrected chi connectivity index (χ0v) is 12.4. The molecule has 0 spiro atoms. The van der Waals surface area contributed by atoms with Gasteiger partial charge in [0.2, 0.25) is 0 Å². The molecule has 1 aromatic carbocycles. The second kappa shape index (κ2) is 8.94. The first-order valence-corrected chi connectivity index (χ1v) is 7.13. The fourth-order valence-electron chi connectivity index (χ4n) is 1.86. The van der Waals surface area contributed by atoms with Crippen molar-refractivity contribution in [1.82, 2.24) is 5.32 Å². The summed E-state index contributed by atoms with van der Waals surface area (Å²) in [5.74, 6) is -0.116. The van der Waals surface area contributed by atoms with E-state index in [-0.39, 0.29) is 5.97 Å². The number of ether oxygens (including phenoxy) is 1. The highest BCUT2D eigenvalue weighted by atomic mass is 35.5. The molecule has 0 saturated heterocycles. The van der Waals surface area contributed by atoms with Crippen LogP contribution in [0.25, 0.3) is 0 Å². The summed E-state index contributed by atoms with van der Waals surface area (Å²) in [4.78, 5) is 11.1. The summed E-state index contributed by atoms with van der Waals surface area (Å²) >= 11 is 5.85. The molecule has 0 amide bonds. The van der Waals surface area contributed by atoms with Crippen molar-refractivity contribution in [3.8, 4) is 0 Å². The molecular formula is C15H22ClNO2. The van der Waals surface area contributed by atoms with Crippen molar-refractivity contribution in [2.75, 3.05) is 13.2 Å². The Morgan fingerprint density at radius 1 is 1.37 bits per heavy atom. The Kier molecular flexibility index (Phi) is 7.53. The van der Waals surface area contributed by atoms with Crippen LogP contribution in [0.4, 0.5) is 0 Å². The van der Waals surface area contributed by atoms with Crippen LogP contribution in [0.1, 0.15) is 32.3 Å². The molecule has 0 fully saturated rings. The monoisotopic (exact) mass is 283 g/mol. The number of hydrogen-bond acceptors (Lipinski definition) is 3. The molecule has 0 aliphatic rings. The molecule has 1 aromatic rings. The largest absolute Gasteiger partial charge is 0.466 e. The minimum atomic E-state index is -0.116. The first kappa shape index (κ1) is 16.0. The molecule has 1 atom stereocenters. The van der Waals surface area contributed by atoms with Crippen LogP contribution in [0, 0.1) is 0 Å². The molecule has 1 unspecified atom stereocenters. The predicted octanol–water partition coefficient (Wildman–Crippen LogP) is 3.20. The molecule has 3 nitrogen and oxygen atoms in total. The van der Waals surface area contributed by atoms with Gasteiger partial charge >= 0.3 is 5.97 Å². The molecule has 0 radical (unpaired) electrons. The Morgan fingerprint density at radius 2 is 2.05 bits per heavy atom. The van der Waals surface area contributed by atoms with E-state index in [2.05, 4.69) is 12.2 Å². The average Bonchev–Trinajstić information content (AvgIpc) is 2.38. The van der Waals surface area contributed by atoms with Crippen LogP contribution in [0.15, 0.2) is 24.3 Å². The maximum Gasteiger partial charge on any atom is 0.305 e. The van der Waals surface area contributed by atoms with Gasteiger partial charge in [-0.05, 0) is 50.9 Å². The molecule has 4 heteroatoms. The maximum atomic E-state index is 11.1. The molecule has 0 aliphatic carbocycles. The minimum absolute atomic E-state index is 0.116. The van der Waals surface area contributed by atoms with Gasteiger partial charge in [0.25, 0.3) is 0 Å². The summed E-state index contributed by atoms with van der Waals surface area (Å²) in [5, 5.41) is 4.17. The predicted molar refractivity (Wildman–Crippen MR) is 78.5 cm³/mol. The quantitative estimate of drug-likeness (QED) is 0.588. The van der Waals surface area contributed by atoms with E-state index in [1.165, 1.54) is 5.56 Å². The third-order valence-corrected chi connectivity index (χ3v) is 3.06. The summed E-state index contributed by atoms with van der Waals surface area (Å²) in [6, 6.07) is 8.27. The van der Waals surface area contributed by atoms with E-state index in [1.54, 1.807) is 0 Å². The Bertz CT molecular complexity index is 378. The van der Waals surface area contributed by atoms with Crippen LogP contribution in [-0.2, 0) is 16.0 Å². The van der Waals surface area contributed by atoms with E-state index in [0.29, 0.717) is 19.1 Å². The highest BCUT2D eigenvalue weighted by molar-refractivity contribution is 6.30. The standard InChI is InChI=1S/C15H22ClNO2/c1-3-19-15(18)5-4-10-17-12(2)11-13-6-8-14(16)9-7-13/h6-9,12,17H,3-5,10-11H2,1-2H3. The fourth-order valence-corrected chi connectivity index (χ4v) is 1.99. The molecule has 1 rings (SSSR count). The van der Waals surface area contributed by atoms with Crippen LogP contribution in [0.2, 0.25) is 5.02 Å². The van der Waals surface area contributed by atoms with Gasteiger partial charge in [-0.3, -0.25) is 4.79 Å². The average molecular weight is 284 g/mol. The van der Waals surface area contributed by atoms with Gasteiger partial charge < -0.3 is 10.1 Å². The maximum absolute atomic E-state index is 11.1. The SMILES string of the molecule is CCOC(=O)CCCNC(C)Cc1ccc(Cl)cc1. The van der Waals surface area contributed by atoms with E-state index in [4.69, 9.17) is 16.3 Å². The number of benzene rings is 1. The van der Waals surface area contributed by atoms with E-state index in [1.807, 2.05) is 31.2 Å². The van der Waals surface area contributed by atoms with Gasteiger partial charge in [0.1, 0.15) is 0 Å². The zero-order valence-electron chi connectivity index (χ0n) is 11.6. The van der Waals surface area contributed by atoms with Crippen molar-refractivity contribution >= 4 is 17.6 Å². The Labute approximate surface area is 120 Å². The number of hydrogen-bond donors (Lipinski definition) is 1. The fraction of sp³-hybridized carbons (Fsp3) is 0.533. The Hall–Kier alpha value is -1.06. The minimum Gasteiger partial charge on any atom is -0.466 e. The first-order valence-electron chi connectivity index (χ1n) is 6.75. The first-order chi connectivity index (χ1) is 9.11. The second-order valence-corrected chi connectivity index (χ2v) is 5.03. The van der Waals surface area contributed by atoms with Crippen molar-refractivity contribution in [3.63, 3.8) is 0 Å². The second-order valence-electron chi connectivity index (χ2n) is 4.59. The zero-order chi connectivity index (χ0) is 14.1. The highest BCUT2D eigenvalue weighted by Crippen LogP contribution is 2.11. The number of esters is 1. The smallest absolute Gasteiger partial charge is 0.305 e. The number of nitrogens with one attached hydrogen (secondary N) is 1. The normalized spacial score (nSPS) is 12.2. The molecule has 19 heavy (non-hydrogen) atoms. The molecule has 0 heterocycles. The molecule has 1 N–H and O–H groups in total. The lowest BCUT2D eigenvalue weighted by Gasteiger charge is -2.13. The van der Waals surface area contributed by atoms with Gasteiger partial charge in [-0.25, -0.2) is 0 Å². The lowest BCUT2D eigenvalue weighted by Crippen LogP contribution is -2.29. The van der Waals surface area contributed by atoms with Crippen LogP contribution in [0.3, 0.4) is 0 Å². The van der Waals surface area contributed by atoms with Gasteiger partial charge in [-0.15, -0.1) is 0 Å². The van der Waals surface area contributed by atoms with Crippen LogP contribution < -0.4 is 5.32 Å². The van der Waals surface area contributed by atoms with Gasteiger partial charge in [-0.2, -0.15) is 0 Å². The van der Waals surface area contributed by atoms with Crippen molar-refractivity contribution in [1.29, 1.82) is 0 Å². The number of halogens is 1. The summed E-state index contributed by atoms with van der Waals surface area (Å²) in [6.45, 7) is 5.25. The van der Waals surface area contributed by atoms with Gasteiger partial charge in [0, 0.05) is 17.5 Å². The van der Waals surface area contributed by atoms with Gasteiger partial charge in [-0.1, -0.05) is 23.7 Å². The van der Waals surface area contributed by atoms with Crippen LogP contribution in [-0.4, -0.2) is 25.2 Å². The van der Waals surface area contributed by atoms with Crippen molar-refractivity contribution in [2.45, 2.75) is 39.2 Å². The molecule has 106 valence electrons. The van der Waals surface area contributed by atoms with Crippen molar-refractivity contribution in [3.05, 3.63) is 34.9 Å². The van der Waals surface area contributed by atoms with E-state index < -0.39 is 0 Å². The van der Waals surface area contributed by atoms with Crippen LogP contribution in [0.5, 0.6) is 0 Å². The molecule has 0 saturated carbocycles. The van der Waals surface area contributed by atoms with E-state index in [0.717, 1.165) is 24.4 Å². The topological polar surface area (TPSA) is 38.3 Å². The number of carbonyl (C=O) groups is 1. The van der Waals surface area contributed by atoms with Crippen molar-refractivity contribution < 1.29 is 9.53 Å². The van der Waals surface area contributed by atoms with Gasteiger partial charge in [0.05, 0.1) is 6.61 Å². The third kappa shape index (κ3) is 7.19.